The van der Waals surface area contributed by atoms with E-state index in [0.717, 1.165) is 43.6 Å². The molecule has 9 heteroatoms. The smallest absolute Gasteiger partial charge is 0.274 e. The van der Waals surface area contributed by atoms with Crippen LogP contribution >= 0.6 is 0 Å². The van der Waals surface area contributed by atoms with Gasteiger partial charge in [-0.25, -0.2) is 8.42 Å². The summed E-state index contributed by atoms with van der Waals surface area (Å²) in [6.07, 6.45) is 3.96. The number of carbonyl (C=O) groups excluding carboxylic acids is 1. The normalized spacial score (nSPS) is 28.0. The Kier molecular flexibility index (Phi) is 4.12. The molecular weight excluding hydrogens is 342 g/mol. The summed E-state index contributed by atoms with van der Waals surface area (Å²) in [5, 5.41) is 7.34. The number of nitrogens with one attached hydrogen (secondary N) is 1. The van der Waals surface area contributed by atoms with E-state index in [4.69, 9.17) is 0 Å². The highest BCUT2D eigenvalue weighted by atomic mass is 32.2. The van der Waals surface area contributed by atoms with E-state index < -0.39 is 10.0 Å². The van der Waals surface area contributed by atoms with Crippen molar-refractivity contribution in [3.05, 3.63) is 17.0 Å². The lowest BCUT2D eigenvalue weighted by Gasteiger charge is -2.36. The van der Waals surface area contributed by atoms with Crippen LogP contribution in [0.25, 0.3) is 0 Å². The standard InChI is InChI=1S/C16H25N5O3S/c1-19-6-5-14-13(10-19)15(18-17-14)16(22)21-8-11-3-4-12(21)9-20(7-11)25(2,23)24/h11-12H,3-10H2,1-2H3,(H,17,18)/t11-,12+/m0/s1. The molecule has 1 N–H and O–H groups in total. The fourth-order valence-corrected chi connectivity index (χ4v) is 5.23. The predicted octanol–water partition coefficient (Wildman–Crippen LogP) is -0.106. The van der Waals surface area contributed by atoms with Crippen molar-refractivity contribution in [3.63, 3.8) is 0 Å². The van der Waals surface area contributed by atoms with Gasteiger partial charge in [-0.05, 0) is 25.8 Å². The van der Waals surface area contributed by atoms with E-state index in [9.17, 15) is 13.2 Å². The van der Waals surface area contributed by atoms with Crippen molar-refractivity contribution in [1.82, 2.24) is 24.3 Å². The molecule has 25 heavy (non-hydrogen) atoms. The number of nitrogens with zero attached hydrogens (tertiary/aromatic N) is 4. The first-order valence-electron chi connectivity index (χ1n) is 8.83. The molecule has 0 aliphatic carbocycles. The number of sulfonamides is 1. The molecule has 2 bridgehead atoms. The van der Waals surface area contributed by atoms with E-state index in [-0.39, 0.29) is 17.9 Å². The topological polar surface area (TPSA) is 89.6 Å². The van der Waals surface area contributed by atoms with Crippen LogP contribution in [0, 0.1) is 5.92 Å². The Hall–Kier alpha value is -1.45. The van der Waals surface area contributed by atoms with Gasteiger partial charge in [0, 0.05) is 56.4 Å². The number of aromatic amines is 1. The molecule has 0 saturated carbocycles. The molecule has 3 fully saturated rings. The average Bonchev–Trinajstić information content (AvgIpc) is 2.74. The third kappa shape index (κ3) is 3.09. The van der Waals surface area contributed by atoms with Crippen molar-refractivity contribution < 1.29 is 13.2 Å². The van der Waals surface area contributed by atoms with Crippen molar-refractivity contribution in [2.24, 2.45) is 5.92 Å². The minimum absolute atomic E-state index is 0.0575. The van der Waals surface area contributed by atoms with Crippen molar-refractivity contribution in [2.45, 2.75) is 31.8 Å². The van der Waals surface area contributed by atoms with Gasteiger partial charge in [0.25, 0.3) is 5.91 Å². The van der Waals surface area contributed by atoms with Gasteiger partial charge in [-0.2, -0.15) is 9.40 Å². The van der Waals surface area contributed by atoms with Crippen molar-refractivity contribution >= 4 is 15.9 Å². The van der Waals surface area contributed by atoms with Gasteiger partial charge in [-0.15, -0.1) is 0 Å². The maximum Gasteiger partial charge on any atom is 0.274 e. The third-order valence-electron chi connectivity index (χ3n) is 5.74. The van der Waals surface area contributed by atoms with Crippen LogP contribution in [0.2, 0.25) is 0 Å². The van der Waals surface area contributed by atoms with E-state index in [2.05, 4.69) is 15.1 Å². The van der Waals surface area contributed by atoms with E-state index in [1.54, 1.807) is 0 Å². The molecule has 1 amide bonds. The van der Waals surface area contributed by atoms with Crippen molar-refractivity contribution in [2.75, 3.05) is 39.5 Å². The number of fused-ring (bicyclic) bond motifs is 5. The van der Waals surface area contributed by atoms with Crippen LogP contribution in [0.3, 0.4) is 0 Å². The minimum atomic E-state index is -3.23. The van der Waals surface area contributed by atoms with Gasteiger partial charge < -0.3 is 9.80 Å². The third-order valence-corrected chi connectivity index (χ3v) is 6.97. The molecule has 0 spiro atoms. The Labute approximate surface area is 148 Å². The fourth-order valence-electron chi connectivity index (χ4n) is 4.30. The van der Waals surface area contributed by atoms with Gasteiger partial charge in [0.1, 0.15) is 0 Å². The average molecular weight is 367 g/mol. The van der Waals surface area contributed by atoms with Crippen LogP contribution < -0.4 is 0 Å². The van der Waals surface area contributed by atoms with Gasteiger partial charge in [0.15, 0.2) is 5.69 Å². The number of likely N-dealkylation sites (N-methyl/N-ethyl adjacent to an activating group) is 1. The maximum atomic E-state index is 13.2. The van der Waals surface area contributed by atoms with Gasteiger partial charge in [0.2, 0.25) is 10.0 Å². The van der Waals surface area contributed by atoms with Crippen LogP contribution in [0.15, 0.2) is 0 Å². The summed E-state index contributed by atoms with van der Waals surface area (Å²) in [5.41, 5.74) is 2.57. The fraction of sp³-hybridized carbons (Fsp3) is 0.750. The molecule has 8 nitrogen and oxygen atoms in total. The number of hydrogen-bond donors (Lipinski definition) is 1. The van der Waals surface area contributed by atoms with Crippen LogP contribution in [0.5, 0.6) is 0 Å². The van der Waals surface area contributed by atoms with Gasteiger partial charge in [0.05, 0.1) is 6.26 Å². The number of carbonyl (C=O) groups is 1. The van der Waals surface area contributed by atoms with Gasteiger partial charge >= 0.3 is 0 Å². The second kappa shape index (κ2) is 6.07. The monoisotopic (exact) mass is 367 g/mol. The molecule has 138 valence electrons. The van der Waals surface area contributed by atoms with Crippen LogP contribution in [-0.4, -0.2) is 84.2 Å². The second-order valence-electron chi connectivity index (χ2n) is 7.65. The molecule has 3 saturated heterocycles. The Balaban J connectivity index is 1.61. The molecule has 1 aromatic heterocycles. The Morgan fingerprint density at radius 3 is 2.80 bits per heavy atom. The number of piperidine rings is 1. The molecular formula is C16H25N5O3S. The summed E-state index contributed by atoms with van der Waals surface area (Å²) < 4.78 is 25.5. The largest absolute Gasteiger partial charge is 0.333 e. The summed E-state index contributed by atoms with van der Waals surface area (Å²) in [6.45, 7) is 3.21. The quantitative estimate of drug-likeness (QED) is 0.788. The highest BCUT2D eigenvalue weighted by molar-refractivity contribution is 7.88. The second-order valence-corrected chi connectivity index (χ2v) is 9.63. The number of amides is 1. The number of hydrogen-bond acceptors (Lipinski definition) is 5. The highest BCUT2D eigenvalue weighted by Gasteiger charge is 2.41. The van der Waals surface area contributed by atoms with E-state index in [1.807, 2.05) is 11.9 Å². The lowest BCUT2D eigenvalue weighted by Crippen LogP contribution is -2.48. The van der Waals surface area contributed by atoms with E-state index >= 15 is 0 Å². The lowest BCUT2D eigenvalue weighted by molar-refractivity contribution is 0.0580. The van der Waals surface area contributed by atoms with Crippen LogP contribution in [-0.2, 0) is 23.0 Å². The Morgan fingerprint density at radius 2 is 2.04 bits per heavy atom. The zero-order valence-corrected chi connectivity index (χ0v) is 15.5. The molecule has 0 aromatic carbocycles. The molecule has 0 radical (unpaired) electrons. The zero-order valence-electron chi connectivity index (χ0n) is 14.7. The maximum absolute atomic E-state index is 13.2. The predicted molar refractivity (Wildman–Crippen MR) is 92.6 cm³/mol. The van der Waals surface area contributed by atoms with Gasteiger partial charge in [-0.1, -0.05) is 0 Å². The lowest BCUT2D eigenvalue weighted by atomic mass is 9.94. The van der Waals surface area contributed by atoms with Crippen molar-refractivity contribution in [3.8, 4) is 0 Å². The SMILES string of the molecule is CN1CCc2[nH]nc(C(=O)N3C[C@H]4CC[C@@H]3CN(S(C)(=O)=O)C4)c2C1. The molecule has 0 unspecified atom stereocenters. The molecule has 4 aliphatic rings. The Bertz CT molecular complexity index is 790. The Morgan fingerprint density at radius 1 is 1.24 bits per heavy atom. The highest BCUT2D eigenvalue weighted by Crippen LogP contribution is 2.31. The van der Waals surface area contributed by atoms with Crippen molar-refractivity contribution in [1.29, 1.82) is 0 Å². The molecule has 5 heterocycles. The molecule has 4 aliphatic heterocycles. The first kappa shape index (κ1) is 17.0. The van der Waals surface area contributed by atoms with E-state index in [0.29, 0.717) is 25.3 Å². The van der Waals surface area contributed by atoms with Gasteiger partial charge in [-0.3, -0.25) is 9.89 Å². The number of rotatable bonds is 2. The summed E-state index contributed by atoms with van der Waals surface area (Å²) >= 11 is 0. The molecule has 1 aromatic rings. The van der Waals surface area contributed by atoms with E-state index in [1.165, 1.54) is 10.6 Å². The zero-order chi connectivity index (χ0) is 17.8. The van der Waals surface area contributed by atoms with Crippen LogP contribution in [0.1, 0.15) is 34.6 Å². The first-order valence-corrected chi connectivity index (χ1v) is 10.7. The molecule has 2 atom stereocenters. The summed E-state index contributed by atoms with van der Waals surface area (Å²) in [5.74, 6) is 0.146. The van der Waals surface area contributed by atoms with Crippen LogP contribution in [0.4, 0.5) is 0 Å². The first-order chi connectivity index (χ1) is 11.8. The number of aromatic nitrogens is 2. The molecule has 5 rings (SSSR count). The minimum Gasteiger partial charge on any atom is -0.333 e. The summed E-state index contributed by atoms with van der Waals surface area (Å²) in [6, 6.07) is -0.0605. The summed E-state index contributed by atoms with van der Waals surface area (Å²) in [4.78, 5) is 17.2. The number of H-pyrrole nitrogens is 1. The summed E-state index contributed by atoms with van der Waals surface area (Å²) in [7, 11) is -1.19.